The third-order valence-corrected chi connectivity index (χ3v) is 2.84. The van der Waals surface area contributed by atoms with Crippen LogP contribution in [0, 0.1) is 10.1 Å². The van der Waals surface area contributed by atoms with Crippen molar-refractivity contribution in [2.24, 2.45) is 0 Å². The van der Waals surface area contributed by atoms with Crippen LogP contribution < -0.4 is 5.73 Å². The normalized spacial score (nSPS) is 10.6. The number of phenolic OH excluding ortho intramolecular Hbond substituents is 1. The molecule has 2 aromatic rings. The molecule has 0 saturated carbocycles. The SMILES string of the molecule is Nc1cc2ccc([N+](=O)[O-])c(O)c2s1. The van der Waals surface area contributed by atoms with E-state index in [1.807, 2.05) is 0 Å². The van der Waals surface area contributed by atoms with Gasteiger partial charge in [0.25, 0.3) is 0 Å². The molecule has 5 nitrogen and oxygen atoms in total. The van der Waals surface area contributed by atoms with Gasteiger partial charge in [-0.25, -0.2) is 0 Å². The molecule has 0 atom stereocenters. The van der Waals surface area contributed by atoms with Crippen molar-refractivity contribution in [1.29, 1.82) is 0 Å². The van der Waals surface area contributed by atoms with Crippen LogP contribution in [0.2, 0.25) is 0 Å². The van der Waals surface area contributed by atoms with Crippen LogP contribution in [0.3, 0.4) is 0 Å². The van der Waals surface area contributed by atoms with Crippen LogP contribution >= 0.6 is 11.3 Å². The molecular weight excluding hydrogens is 204 g/mol. The van der Waals surface area contributed by atoms with E-state index < -0.39 is 4.92 Å². The maximum Gasteiger partial charge on any atom is 0.312 e. The van der Waals surface area contributed by atoms with Crippen molar-refractivity contribution in [3.8, 4) is 5.75 Å². The van der Waals surface area contributed by atoms with Crippen LogP contribution in [0.1, 0.15) is 0 Å². The van der Waals surface area contributed by atoms with E-state index in [1.165, 1.54) is 6.07 Å². The Bertz CT molecular complexity index is 521. The lowest BCUT2D eigenvalue weighted by molar-refractivity contribution is -0.385. The molecule has 3 N–H and O–H groups in total. The standard InChI is InChI=1S/C8H6N2O3S/c9-6-3-4-1-2-5(10(12)13)7(11)8(4)14-6/h1-3,11H,9H2. The van der Waals surface area contributed by atoms with Crippen LogP contribution in [0.15, 0.2) is 18.2 Å². The molecule has 1 aromatic carbocycles. The quantitative estimate of drug-likeness (QED) is 0.557. The number of nitro benzene ring substituents is 1. The Kier molecular flexibility index (Phi) is 1.78. The first-order chi connectivity index (χ1) is 6.59. The highest BCUT2D eigenvalue weighted by atomic mass is 32.1. The molecule has 0 amide bonds. The first-order valence-electron chi connectivity index (χ1n) is 3.75. The van der Waals surface area contributed by atoms with E-state index >= 15 is 0 Å². The highest BCUT2D eigenvalue weighted by molar-refractivity contribution is 7.23. The van der Waals surface area contributed by atoms with Gasteiger partial charge >= 0.3 is 5.69 Å². The zero-order valence-corrected chi connectivity index (χ0v) is 7.75. The number of nitrogens with two attached hydrogens (primary N) is 1. The Morgan fingerprint density at radius 1 is 1.50 bits per heavy atom. The first-order valence-corrected chi connectivity index (χ1v) is 4.56. The molecule has 14 heavy (non-hydrogen) atoms. The van der Waals surface area contributed by atoms with Gasteiger partial charge in [0, 0.05) is 6.07 Å². The predicted molar refractivity (Wildman–Crippen MR) is 54.6 cm³/mol. The maximum absolute atomic E-state index is 10.5. The van der Waals surface area contributed by atoms with Gasteiger partial charge in [0.1, 0.15) is 0 Å². The summed E-state index contributed by atoms with van der Waals surface area (Å²) in [7, 11) is 0. The molecule has 0 aliphatic carbocycles. The average Bonchev–Trinajstić information content (AvgIpc) is 2.46. The Balaban J connectivity index is 2.80. The second-order valence-corrected chi connectivity index (χ2v) is 3.84. The number of aromatic hydroxyl groups is 1. The van der Waals surface area contributed by atoms with Gasteiger partial charge in [0.2, 0.25) is 5.75 Å². The third-order valence-electron chi connectivity index (χ3n) is 1.86. The second kappa shape index (κ2) is 2.85. The first kappa shape index (κ1) is 8.76. The number of nitrogens with zero attached hydrogens (tertiary/aromatic N) is 1. The number of anilines is 1. The highest BCUT2D eigenvalue weighted by Gasteiger charge is 2.17. The zero-order chi connectivity index (χ0) is 10.3. The molecule has 1 heterocycles. The summed E-state index contributed by atoms with van der Waals surface area (Å²) in [6.45, 7) is 0. The van der Waals surface area contributed by atoms with Gasteiger partial charge < -0.3 is 10.8 Å². The molecule has 0 spiro atoms. The van der Waals surface area contributed by atoms with Crippen molar-refractivity contribution in [2.75, 3.05) is 5.73 Å². The smallest absolute Gasteiger partial charge is 0.312 e. The molecule has 1 aromatic heterocycles. The number of thiophene rings is 1. The van der Waals surface area contributed by atoms with Crippen LogP contribution in [0.4, 0.5) is 10.7 Å². The second-order valence-electron chi connectivity index (χ2n) is 2.76. The number of rotatable bonds is 1. The van der Waals surface area contributed by atoms with E-state index in [9.17, 15) is 15.2 Å². The van der Waals surface area contributed by atoms with Crippen molar-refractivity contribution < 1.29 is 10.0 Å². The van der Waals surface area contributed by atoms with E-state index in [0.29, 0.717) is 9.70 Å². The highest BCUT2D eigenvalue weighted by Crippen LogP contribution is 2.39. The fourth-order valence-electron chi connectivity index (χ4n) is 1.25. The molecule has 2 rings (SSSR count). The summed E-state index contributed by atoms with van der Waals surface area (Å²) >= 11 is 1.13. The minimum atomic E-state index is -0.620. The summed E-state index contributed by atoms with van der Waals surface area (Å²) in [6, 6.07) is 4.51. The summed E-state index contributed by atoms with van der Waals surface area (Å²) in [5, 5.41) is 21.3. The number of nitro groups is 1. The molecule has 0 bridgehead atoms. The lowest BCUT2D eigenvalue weighted by Crippen LogP contribution is -1.87. The average molecular weight is 210 g/mol. The molecule has 0 aliphatic heterocycles. The number of nitrogen functional groups attached to an aromatic ring is 1. The van der Waals surface area contributed by atoms with E-state index in [-0.39, 0.29) is 11.4 Å². The summed E-state index contributed by atoms with van der Waals surface area (Å²) in [5.74, 6) is -0.311. The van der Waals surface area contributed by atoms with E-state index in [2.05, 4.69) is 0 Å². The number of hydrogen-bond acceptors (Lipinski definition) is 5. The topological polar surface area (TPSA) is 89.4 Å². The summed E-state index contributed by atoms with van der Waals surface area (Å²) in [5.41, 5.74) is 5.23. The monoisotopic (exact) mass is 210 g/mol. The molecule has 0 radical (unpaired) electrons. The summed E-state index contributed by atoms with van der Waals surface area (Å²) in [4.78, 5) is 9.87. The molecule has 0 unspecified atom stereocenters. The van der Waals surface area contributed by atoms with Crippen molar-refractivity contribution >= 4 is 32.1 Å². The predicted octanol–water partition coefficient (Wildman–Crippen LogP) is 2.10. The summed E-state index contributed by atoms with van der Waals surface area (Å²) < 4.78 is 0.455. The van der Waals surface area contributed by atoms with E-state index in [0.717, 1.165) is 16.7 Å². The van der Waals surface area contributed by atoms with Gasteiger partial charge in [-0.3, -0.25) is 10.1 Å². The van der Waals surface area contributed by atoms with Crippen molar-refractivity contribution in [1.82, 2.24) is 0 Å². The van der Waals surface area contributed by atoms with Gasteiger partial charge in [-0.2, -0.15) is 0 Å². The fourth-order valence-corrected chi connectivity index (χ4v) is 2.11. The van der Waals surface area contributed by atoms with Crippen LogP contribution in [-0.2, 0) is 0 Å². The molecular formula is C8H6N2O3S. The molecule has 6 heteroatoms. The van der Waals surface area contributed by atoms with Crippen LogP contribution in [0.25, 0.3) is 10.1 Å². The number of phenols is 1. The lowest BCUT2D eigenvalue weighted by atomic mass is 10.2. The Morgan fingerprint density at radius 3 is 2.86 bits per heavy atom. The van der Waals surface area contributed by atoms with Crippen molar-refractivity contribution in [3.05, 3.63) is 28.3 Å². The summed E-state index contributed by atoms with van der Waals surface area (Å²) in [6.07, 6.45) is 0. The molecule has 0 fully saturated rings. The van der Waals surface area contributed by atoms with Gasteiger partial charge in [-0.15, -0.1) is 11.3 Å². The zero-order valence-electron chi connectivity index (χ0n) is 6.93. The van der Waals surface area contributed by atoms with Gasteiger partial charge in [0.05, 0.1) is 14.6 Å². The van der Waals surface area contributed by atoms with Gasteiger partial charge in [-0.05, 0) is 17.5 Å². The van der Waals surface area contributed by atoms with Gasteiger partial charge in [-0.1, -0.05) is 0 Å². The van der Waals surface area contributed by atoms with E-state index in [1.54, 1.807) is 12.1 Å². The fraction of sp³-hybridized carbons (Fsp3) is 0. The van der Waals surface area contributed by atoms with Crippen LogP contribution in [0.5, 0.6) is 5.75 Å². The van der Waals surface area contributed by atoms with E-state index in [4.69, 9.17) is 5.73 Å². The number of benzene rings is 1. The minimum absolute atomic E-state index is 0.292. The Morgan fingerprint density at radius 2 is 2.21 bits per heavy atom. The lowest BCUT2D eigenvalue weighted by Gasteiger charge is -1.95. The number of hydrogen-bond donors (Lipinski definition) is 2. The van der Waals surface area contributed by atoms with Gasteiger partial charge in [0.15, 0.2) is 0 Å². The maximum atomic E-state index is 10.5. The largest absolute Gasteiger partial charge is 0.501 e. The van der Waals surface area contributed by atoms with Crippen LogP contribution in [-0.4, -0.2) is 10.0 Å². The number of fused-ring (bicyclic) bond motifs is 1. The third kappa shape index (κ3) is 1.16. The molecule has 0 aliphatic rings. The molecule has 0 saturated heterocycles. The van der Waals surface area contributed by atoms with Crippen molar-refractivity contribution in [3.63, 3.8) is 0 Å². The molecule has 72 valence electrons. The Labute approximate surface area is 82.5 Å². The van der Waals surface area contributed by atoms with Crippen molar-refractivity contribution in [2.45, 2.75) is 0 Å². The minimum Gasteiger partial charge on any atom is -0.501 e. The Hall–Kier alpha value is -1.82.